The first-order valence-corrected chi connectivity index (χ1v) is 13.1. The van der Waals surface area contributed by atoms with Gasteiger partial charge >= 0.3 is 219 Å². The van der Waals surface area contributed by atoms with Gasteiger partial charge in [0.25, 0.3) is 0 Å². The average molecular weight is 560 g/mol. The van der Waals surface area contributed by atoms with Crippen LogP contribution in [0.1, 0.15) is 10.5 Å². The van der Waals surface area contributed by atoms with Gasteiger partial charge in [-0.1, -0.05) is 0 Å². The number of pyridine rings is 1. The molecule has 2 aromatic heterocycles. The van der Waals surface area contributed by atoms with Gasteiger partial charge < -0.3 is 0 Å². The van der Waals surface area contributed by atoms with Crippen LogP contribution in [0.25, 0.3) is 0 Å². The summed E-state index contributed by atoms with van der Waals surface area (Å²) in [6.45, 7) is 3.42. The summed E-state index contributed by atoms with van der Waals surface area (Å²) in [4.78, 5) is 35.8. The number of benzene rings is 2. The maximum absolute atomic E-state index is 14.4. The molecule has 1 unspecified atom stereocenters. The van der Waals surface area contributed by atoms with E-state index in [0.29, 0.717) is 27.5 Å². The first-order chi connectivity index (χ1) is 17.9. The summed E-state index contributed by atoms with van der Waals surface area (Å²) in [6.07, 6.45) is 3.82. The van der Waals surface area contributed by atoms with Crippen molar-refractivity contribution >= 4 is 53.7 Å². The van der Waals surface area contributed by atoms with Crippen molar-refractivity contribution in [2.45, 2.75) is 0 Å². The molecule has 0 aliphatic rings. The molecule has 4 rings (SSSR count). The monoisotopic (exact) mass is 560 g/mol. The molecule has 186 valence electrons. The zero-order valence-electron chi connectivity index (χ0n) is 19.7. The average Bonchev–Trinajstić information content (AvgIpc) is 2.91. The van der Waals surface area contributed by atoms with Gasteiger partial charge in [0.05, 0.1) is 0 Å². The third kappa shape index (κ3) is 6.99. The van der Waals surface area contributed by atoms with Gasteiger partial charge in [-0.2, -0.15) is 0 Å². The Hall–Kier alpha value is -4.56. The van der Waals surface area contributed by atoms with E-state index in [1.807, 2.05) is 24.3 Å². The molecule has 0 spiro atoms. The Balaban J connectivity index is 1.43. The Morgan fingerprint density at radius 1 is 1.03 bits per heavy atom. The van der Waals surface area contributed by atoms with Gasteiger partial charge in [0.15, 0.2) is 0 Å². The number of nitrogens with one attached hydrogen (secondary N) is 3. The van der Waals surface area contributed by atoms with Crippen molar-refractivity contribution in [2.75, 3.05) is 17.7 Å². The van der Waals surface area contributed by atoms with E-state index < -0.39 is 21.6 Å². The number of halogens is 1. The van der Waals surface area contributed by atoms with Crippen molar-refractivity contribution in [3.63, 3.8) is 0 Å². The normalized spacial score (nSPS) is 10.6. The molecule has 1 atom stereocenters. The fourth-order valence-electron chi connectivity index (χ4n) is 3.12. The Kier molecular flexibility index (Phi) is 8.22. The Bertz CT molecular complexity index is 1450. The number of aromatic nitrogens is 3. The molecule has 3 N–H and O–H groups in total. The standard InChI is InChI=1S/C26H22AsFN6O3/c1-3-23(35)32-17-5-4-6-18(13-17)33-24-21(28)15-31-26(34-24)27-16-7-9-19(10-8-16)37-20-11-12-30-22(14-20)25(36)29-2/h3-15,27H,1H2,2H3,(H,29,36)(H,32,35)(H,31,33,34). The van der Waals surface area contributed by atoms with Crippen LogP contribution in [-0.4, -0.2) is 49.6 Å². The van der Waals surface area contributed by atoms with Gasteiger partial charge in [-0.05, 0) is 0 Å². The number of nitrogens with zero attached hydrogens (tertiary/aromatic N) is 3. The van der Waals surface area contributed by atoms with Gasteiger partial charge in [-0.15, -0.1) is 0 Å². The second-order valence-electron chi connectivity index (χ2n) is 7.50. The molecule has 0 saturated heterocycles. The van der Waals surface area contributed by atoms with E-state index in [9.17, 15) is 14.0 Å². The predicted octanol–water partition coefficient (Wildman–Crippen LogP) is 2.42. The fourth-order valence-corrected chi connectivity index (χ4v) is 4.98. The van der Waals surface area contributed by atoms with Crippen molar-refractivity contribution in [2.24, 2.45) is 0 Å². The molecule has 2 amide bonds. The number of carbonyl (C=O) groups excluding carboxylic acids is 2. The van der Waals surface area contributed by atoms with Crippen molar-refractivity contribution in [1.82, 2.24) is 20.3 Å². The quantitative estimate of drug-likeness (QED) is 0.213. The summed E-state index contributed by atoms with van der Waals surface area (Å²) < 4.78 is 21.8. The first kappa shape index (κ1) is 25.5. The predicted molar refractivity (Wildman–Crippen MR) is 141 cm³/mol. The zero-order chi connectivity index (χ0) is 26.2. The van der Waals surface area contributed by atoms with Crippen molar-refractivity contribution < 1.29 is 18.7 Å². The second-order valence-corrected chi connectivity index (χ2v) is 10.2. The van der Waals surface area contributed by atoms with Crippen molar-refractivity contribution in [1.29, 1.82) is 0 Å². The van der Waals surface area contributed by atoms with Crippen LogP contribution in [0.3, 0.4) is 0 Å². The van der Waals surface area contributed by atoms with Crippen LogP contribution in [-0.2, 0) is 4.79 Å². The van der Waals surface area contributed by atoms with E-state index in [4.69, 9.17) is 4.74 Å². The summed E-state index contributed by atoms with van der Waals surface area (Å²) in [5.74, 6) is -0.104. The van der Waals surface area contributed by atoms with Crippen molar-refractivity contribution in [3.05, 3.63) is 97.2 Å². The Morgan fingerprint density at radius 2 is 1.81 bits per heavy atom. The van der Waals surface area contributed by atoms with E-state index in [-0.39, 0.29) is 23.3 Å². The van der Waals surface area contributed by atoms with Crippen LogP contribution in [0.5, 0.6) is 11.5 Å². The van der Waals surface area contributed by atoms with Gasteiger partial charge in [0.1, 0.15) is 0 Å². The van der Waals surface area contributed by atoms with Crippen LogP contribution in [0, 0.1) is 5.82 Å². The molecule has 0 fully saturated rings. The Labute approximate surface area is 218 Å². The zero-order valence-corrected chi connectivity index (χ0v) is 21.8. The van der Waals surface area contributed by atoms with E-state index in [1.54, 1.807) is 36.4 Å². The summed E-state index contributed by atoms with van der Waals surface area (Å²) >= 11 is -0.962. The number of hydrogen-bond acceptors (Lipinski definition) is 7. The summed E-state index contributed by atoms with van der Waals surface area (Å²) in [5.41, 5.74) is 1.36. The topological polar surface area (TPSA) is 118 Å². The van der Waals surface area contributed by atoms with E-state index in [1.165, 1.54) is 19.3 Å². The summed E-state index contributed by atoms with van der Waals surface area (Å²) in [5, 5.41) is 8.13. The van der Waals surface area contributed by atoms with Crippen LogP contribution in [0.4, 0.5) is 21.6 Å². The van der Waals surface area contributed by atoms with Gasteiger partial charge in [-0.3, -0.25) is 0 Å². The van der Waals surface area contributed by atoms with Crippen molar-refractivity contribution in [3.8, 4) is 11.5 Å². The third-order valence-corrected chi connectivity index (χ3v) is 7.14. The van der Waals surface area contributed by atoms with E-state index >= 15 is 0 Å². The van der Waals surface area contributed by atoms with Crippen LogP contribution >= 0.6 is 0 Å². The van der Waals surface area contributed by atoms with Gasteiger partial charge in [-0.25, -0.2) is 0 Å². The maximum atomic E-state index is 14.4. The number of hydrogen-bond donors (Lipinski definition) is 3. The molecule has 0 radical (unpaired) electrons. The first-order valence-electron chi connectivity index (χ1n) is 11.0. The minimum absolute atomic E-state index is 0.0468. The number of anilines is 3. The number of amides is 2. The molecule has 0 aliphatic heterocycles. The van der Waals surface area contributed by atoms with Gasteiger partial charge in [0.2, 0.25) is 0 Å². The number of carbonyl (C=O) groups is 2. The summed E-state index contributed by atoms with van der Waals surface area (Å²) in [6, 6.07) is 17.5. The van der Waals surface area contributed by atoms with Crippen LogP contribution in [0.2, 0.25) is 0 Å². The number of rotatable bonds is 9. The van der Waals surface area contributed by atoms with E-state index in [2.05, 4.69) is 37.5 Å². The van der Waals surface area contributed by atoms with Gasteiger partial charge in [0, 0.05) is 0 Å². The third-order valence-electron chi connectivity index (χ3n) is 4.86. The molecule has 11 heteroatoms. The van der Waals surface area contributed by atoms with Crippen LogP contribution < -0.4 is 29.7 Å². The molecule has 37 heavy (non-hydrogen) atoms. The molecule has 2 heterocycles. The van der Waals surface area contributed by atoms with E-state index in [0.717, 1.165) is 10.5 Å². The Morgan fingerprint density at radius 3 is 2.57 bits per heavy atom. The molecule has 2 aromatic carbocycles. The van der Waals surface area contributed by atoms with Crippen LogP contribution in [0.15, 0.2) is 85.7 Å². The minimum atomic E-state index is -0.962. The molecular formula is C26H22AsFN6O3. The molecular weight excluding hydrogens is 538 g/mol. The fraction of sp³-hybridized carbons (Fsp3) is 0.0385. The molecule has 4 aromatic rings. The SMILES string of the molecule is C=CC(=O)Nc1cccc(Nc2nc([AsH]c3ccc(Oc4ccnc(C(=O)NC)c4)cc3)ncc2F)c1. The number of ether oxygens (including phenoxy) is 1. The second kappa shape index (κ2) is 11.9. The summed E-state index contributed by atoms with van der Waals surface area (Å²) in [7, 11) is 1.54. The molecule has 0 saturated carbocycles. The molecule has 9 nitrogen and oxygen atoms in total. The molecule has 0 aliphatic carbocycles. The molecule has 0 bridgehead atoms.